The van der Waals surface area contributed by atoms with Crippen LogP contribution in [0.15, 0.2) is 24.3 Å². The quantitative estimate of drug-likeness (QED) is 0.762. The van der Waals surface area contributed by atoms with Crippen molar-refractivity contribution in [3.8, 4) is 0 Å². The molecule has 0 saturated heterocycles. The molecule has 0 N–H and O–H groups in total. The maximum absolute atomic E-state index is 12.4. The Labute approximate surface area is 97.4 Å². The summed E-state index contributed by atoms with van der Waals surface area (Å²) in [6.45, 7) is 1.96. The first-order valence-corrected chi connectivity index (χ1v) is 5.25. The van der Waals surface area contributed by atoms with Gasteiger partial charge < -0.3 is 4.74 Å². The lowest BCUT2D eigenvalue weighted by Gasteiger charge is -2.08. The lowest BCUT2D eigenvalue weighted by molar-refractivity contribution is -0.143. The Morgan fingerprint density at radius 2 is 2.06 bits per heavy atom. The van der Waals surface area contributed by atoms with Crippen LogP contribution in [-0.4, -0.2) is 12.6 Å². The molecule has 0 atom stereocenters. The van der Waals surface area contributed by atoms with Crippen molar-refractivity contribution in [3.63, 3.8) is 0 Å². The fraction of sp³-hybridized carbons (Fsp3) is 0.417. The van der Waals surface area contributed by atoms with Crippen molar-refractivity contribution in [2.24, 2.45) is 0 Å². The van der Waals surface area contributed by atoms with Crippen LogP contribution in [0.3, 0.4) is 0 Å². The molecule has 17 heavy (non-hydrogen) atoms. The van der Waals surface area contributed by atoms with E-state index in [9.17, 15) is 18.0 Å². The SMILES string of the molecule is CCOC(=O)CCc1cccc(C(F)(F)F)c1. The largest absolute Gasteiger partial charge is 0.466 e. The van der Waals surface area contributed by atoms with Gasteiger partial charge in [0.05, 0.1) is 12.2 Å². The van der Waals surface area contributed by atoms with Crippen molar-refractivity contribution in [2.45, 2.75) is 25.9 Å². The number of aryl methyl sites for hydroxylation is 1. The average molecular weight is 246 g/mol. The number of halogens is 3. The highest BCUT2D eigenvalue weighted by molar-refractivity contribution is 5.69. The van der Waals surface area contributed by atoms with Crippen LogP contribution in [0.2, 0.25) is 0 Å². The first-order chi connectivity index (χ1) is 7.93. The number of hydrogen-bond acceptors (Lipinski definition) is 2. The molecule has 1 aromatic carbocycles. The fourth-order valence-corrected chi connectivity index (χ4v) is 1.38. The first-order valence-electron chi connectivity index (χ1n) is 5.25. The molecule has 94 valence electrons. The van der Waals surface area contributed by atoms with Gasteiger partial charge >= 0.3 is 12.1 Å². The molecule has 0 spiro atoms. The summed E-state index contributed by atoms with van der Waals surface area (Å²) in [5, 5.41) is 0. The molecule has 0 aliphatic carbocycles. The summed E-state index contributed by atoms with van der Waals surface area (Å²) in [4.78, 5) is 11.1. The third-order valence-corrected chi connectivity index (χ3v) is 2.18. The molecular formula is C12H13F3O2. The molecule has 0 aliphatic heterocycles. The van der Waals surface area contributed by atoms with Gasteiger partial charge in [-0.2, -0.15) is 13.2 Å². The average Bonchev–Trinajstić information content (AvgIpc) is 2.26. The van der Waals surface area contributed by atoms with E-state index in [1.165, 1.54) is 6.07 Å². The number of alkyl halides is 3. The van der Waals surface area contributed by atoms with Crippen molar-refractivity contribution in [1.29, 1.82) is 0 Å². The van der Waals surface area contributed by atoms with E-state index in [4.69, 9.17) is 4.74 Å². The molecule has 1 aromatic rings. The molecule has 0 aromatic heterocycles. The van der Waals surface area contributed by atoms with Crippen LogP contribution in [0.5, 0.6) is 0 Å². The van der Waals surface area contributed by atoms with Gasteiger partial charge in [0.25, 0.3) is 0 Å². The lowest BCUT2D eigenvalue weighted by atomic mass is 10.1. The molecule has 2 nitrogen and oxygen atoms in total. The number of hydrogen-bond donors (Lipinski definition) is 0. The van der Waals surface area contributed by atoms with Crippen LogP contribution >= 0.6 is 0 Å². The highest BCUT2D eigenvalue weighted by Gasteiger charge is 2.30. The second-order valence-electron chi connectivity index (χ2n) is 3.50. The lowest BCUT2D eigenvalue weighted by Crippen LogP contribution is -2.07. The Morgan fingerprint density at radius 3 is 2.65 bits per heavy atom. The van der Waals surface area contributed by atoms with E-state index in [0.29, 0.717) is 5.56 Å². The summed E-state index contributed by atoms with van der Waals surface area (Å²) in [5.74, 6) is -0.398. The van der Waals surface area contributed by atoms with Crippen LogP contribution in [0.25, 0.3) is 0 Å². The third kappa shape index (κ3) is 4.46. The second-order valence-corrected chi connectivity index (χ2v) is 3.50. The number of benzene rings is 1. The number of carbonyl (C=O) groups excluding carboxylic acids is 1. The molecule has 5 heteroatoms. The van der Waals surface area contributed by atoms with E-state index >= 15 is 0 Å². The molecular weight excluding hydrogens is 233 g/mol. The zero-order valence-electron chi connectivity index (χ0n) is 9.38. The molecule has 0 fully saturated rings. The number of carbonyl (C=O) groups is 1. The fourth-order valence-electron chi connectivity index (χ4n) is 1.38. The van der Waals surface area contributed by atoms with Crippen molar-refractivity contribution in [3.05, 3.63) is 35.4 Å². The second kappa shape index (κ2) is 5.70. The molecule has 0 bridgehead atoms. The zero-order valence-corrected chi connectivity index (χ0v) is 9.38. The van der Waals surface area contributed by atoms with Crippen LogP contribution in [0.1, 0.15) is 24.5 Å². The van der Waals surface area contributed by atoms with Crippen molar-refractivity contribution in [2.75, 3.05) is 6.61 Å². The van der Waals surface area contributed by atoms with Gasteiger partial charge in [0, 0.05) is 6.42 Å². The minimum Gasteiger partial charge on any atom is -0.466 e. The normalized spacial score (nSPS) is 11.3. The molecule has 0 unspecified atom stereocenters. The molecule has 0 saturated carbocycles. The maximum Gasteiger partial charge on any atom is 0.416 e. The monoisotopic (exact) mass is 246 g/mol. The predicted molar refractivity (Wildman–Crippen MR) is 56.4 cm³/mol. The zero-order chi connectivity index (χ0) is 12.9. The summed E-state index contributed by atoms with van der Waals surface area (Å²) < 4.78 is 41.9. The highest BCUT2D eigenvalue weighted by Crippen LogP contribution is 2.29. The van der Waals surface area contributed by atoms with Gasteiger partial charge in [0.1, 0.15) is 0 Å². The summed E-state index contributed by atoms with van der Waals surface area (Å²) in [7, 11) is 0. The predicted octanol–water partition coefficient (Wildman–Crippen LogP) is 3.20. The van der Waals surface area contributed by atoms with Gasteiger partial charge in [-0.05, 0) is 25.0 Å². The molecule has 0 amide bonds. The third-order valence-electron chi connectivity index (χ3n) is 2.18. The van der Waals surface area contributed by atoms with Gasteiger partial charge in [-0.3, -0.25) is 4.79 Å². The summed E-state index contributed by atoms with van der Waals surface area (Å²) in [6.07, 6.45) is -4.00. The van der Waals surface area contributed by atoms with Crippen molar-refractivity contribution >= 4 is 5.97 Å². The van der Waals surface area contributed by atoms with Crippen molar-refractivity contribution in [1.82, 2.24) is 0 Å². The topological polar surface area (TPSA) is 26.3 Å². The number of rotatable bonds is 4. The Morgan fingerprint density at radius 1 is 1.35 bits per heavy atom. The highest BCUT2D eigenvalue weighted by atomic mass is 19.4. The van der Waals surface area contributed by atoms with Crippen LogP contribution in [0.4, 0.5) is 13.2 Å². The van der Waals surface area contributed by atoms with E-state index < -0.39 is 17.7 Å². The summed E-state index contributed by atoms with van der Waals surface area (Å²) in [6, 6.07) is 4.96. The standard InChI is InChI=1S/C12H13F3O2/c1-2-17-11(16)7-6-9-4-3-5-10(8-9)12(13,14)15/h3-5,8H,2,6-7H2,1H3. The van der Waals surface area contributed by atoms with E-state index in [0.717, 1.165) is 12.1 Å². The van der Waals surface area contributed by atoms with Gasteiger partial charge in [-0.1, -0.05) is 18.2 Å². The van der Waals surface area contributed by atoms with E-state index in [2.05, 4.69) is 0 Å². The number of esters is 1. The first kappa shape index (κ1) is 13.5. The molecule has 0 radical (unpaired) electrons. The van der Waals surface area contributed by atoms with Crippen LogP contribution < -0.4 is 0 Å². The molecule has 0 aliphatic rings. The van der Waals surface area contributed by atoms with E-state index in [-0.39, 0.29) is 19.4 Å². The molecule has 1 rings (SSSR count). The minimum absolute atomic E-state index is 0.0924. The van der Waals surface area contributed by atoms with Gasteiger partial charge in [0.15, 0.2) is 0 Å². The van der Waals surface area contributed by atoms with Crippen LogP contribution in [-0.2, 0) is 22.1 Å². The Bertz CT molecular complexity index is 386. The van der Waals surface area contributed by atoms with E-state index in [1.54, 1.807) is 13.0 Å². The van der Waals surface area contributed by atoms with E-state index in [1.807, 2.05) is 0 Å². The smallest absolute Gasteiger partial charge is 0.416 e. The van der Waals surface area contributed by atoms with Gasteiger partial charge in [-0.15, -0.1) is 0 Å². The Kier molecular flexibility index (Phi) is 4.54. The Hall–Kier alpha value is -1.52. The minimum atomic E-state index is -4.35. The number of ether oxygens (including phenoxy) is 1. The van der Waals surface area contributed by atoms with Crippen LogP contribution in [0, 0.1) is 0 Å². The molecule has 0 heterocycles. The Balaban J connectivity index is 2.64. The summed E-state index contributed by atoms with van der Waals surface area (Å²) >= 11 is 0. The van der Waals surface area contributed by atoms with Crippen molar-refractivity contribution < 1.29 is 22.7 Å². The van der Waals surface area contributed by atoms with Gasteiger partial charge in [0.2, 0.25) is 0 Å². The van der Waals surface area contributed by atoms with Gasteiger partial charge in [-0.25, -0.2) is 0 Å². The summed E-state index contributed by atoms with van der Waals surface area (Å²) in [5.41, 5.74) is -0.216. The maximum atomic E-state index is 12.4.